The summed E-state index contributed by atoms with van der Waals surface area (Å²) in [6, 6.07) is 9.63. The van der Waals surface area contributed by atoms with Crippen LogP contribution in [0.2, 0.25) is 0 Å². The fourth-order valence-electron chi connectivity index (χ4n) is 1.74. The Hall–Kier alpha value is -2.41. The van der Waals surface area contributed by atoms with Gasteiger partial charge in [-0.15, -0.1) is 0 Å². The topological polar surface area (TPSA) is 74.8 Å². The number of nitrogen functional groups attached to an aromatic ring is 1. The number of aryl methyl sites for hydroxylation is 1. The monoisotopic (exact) mass is 227 g/mol. The molecule has 4 nitrogen and oxygen atoms in total. The van der Waals surface area contributed by atoms with E-state index in [0.29, 0.717) is 11.4 Å². The van der Waals surface area contributed by atoms with Gasteiger partial charge >= 0.3 is 0 Å². The van der Waals surface area contributed by atoms with Gasteiger partial charge < -0.3 is 15.5 Å². The van der Waals surface area contributed by atoms with Gasteiger partial charge in [0.1, 0.15) is 17.6 Å². The van der Waals surface area contributed by atoms with E-state index in [-0.39, 0.29) is 0 Å². The molecule has 0 aliphatic carbocycles. The molecule has 0 aliphatic rings. The number of hydrogen-bond donors (Lipinski definition) is 2. The lowest BCUT2D eigenvalue weighted by Crippen LogP contribution is -1.90. The second-order valence-corrected chi connectivity index (χ2v) is 3.83. The molecule has 0 atom stereocenters. The van der Waals surface area contributed by atoms with Crippen molar-refractivity contribution in [2.24, 2.45) is 0 Å². The van der Waals surface area contributed by atoms with E-state index in [2.05, 4.69) is 4.98 Å². The minimum Gasteiger partial charge on any atom is -0.496 e. The summed E-state index contributed by atoms with van der Waals surface area (Å²) in [4.78, 5) is 2.99. The van der Waals surface area contributed by atoms with Crippen LogP contribution < -0.4 is 10.5 Å². The van der Waals surface area contributed by atoms with E-state index in [9.17, 15) is 0 Å². The van der Waals surface area contributed by atoms with Gasteiger partial charge in [-0.2, -0.15) is 5.26 Å². The molecule has 86 valence electrons. The molecule has 1 aromatic heterocycles. The number of nitriles is 1. The van der Waals surface area contributed by atoms with E-state index in [1.54, 1.807) is 13.2 Å². The second kappa shape index (κ2) is 4.22. The largest absolute Gasteiger partial charge is 0.496 e. The number of aromatic amines is 1. The Labute approximate surface area is 99.6 Å². The third-order valence-electron chi connectivity index (χ3n) is 2.61. The van der Waals surface area contributed by atoms with Crippen molar-refractivity contribution in [3.63, 3.8) is 0 Å². The Balaban J connectivity index is 2.59. The number of nitrogens with zero attached hydrogens (tertiary/aromatic N) is 1. The van der Waals surface area contributed by atoms with Crippen LogP contribution in [-0.2, 0) is 0 Å². The van der Waals surface area contributed by atoms with Crippen LogP contribution in [0, 0.1) is 18.3 Å². The number of nitrogens with one attached hydrogen (secondary N) is 1. The van der Waals surface area contributed by atoms with Crippen molar-refractivity contribution in [1.29, 1.82) is 5.26 Å². The number of H-pyrrole nitrogens is 1. The summed E-state index contributed by atoms with van der Waals surface area (Å²) < 4.78 is 5.29. The fourth-order valence-corrected chi connectivity index (χ4v) is 1.74. The van der Waals surface area contributed by atoms with E-state index < -0.39 is 0 Å². The molecule has 0 aliphatic heterocycles. The minimum atomic E-state index is 0.381. The molecule has 0 fully saturated rings. The Morgan fingerprint density at radius 3 is 2.71 bits per heavy atom. The van der Waals surface area contributed by atoms with Crippen LogP contribution in [0.3, 0.4) is 0 Å². The molecule has 4 heteroatoms. The van der Waals surface area contributed by atoms with Crippen molar-refractivity contribution in [2.45, 2.75) is 6.92 Å². The van der Waals surface area contributed by atoms with Crippen LogP contribution >= 0.6 is 0 Å². The maximum Gasteiger partial charge on any atom is 0.128 e. The highest BCUT2D eigenvalue weighted by Crippen LogP contribution is 2.31. The average Bonchev–Trinajstić information content (AvgIpc) is 2.70. The van der Waals surface area contributed by atoms with Crippen molar-refractivity contribution in [1.82, 2.24) is 4.98 Å². The first-order valence-corrected chi connectivity index (χ1v) is 5.19. The zero-order valence-corrected chi connectivity index (χ0v) is 9.74. The van der Waals surface area contributed by atoms with Crippen molar-refractivity contribution in [3.8, 4) is 23.1 Å². The summed E-state index contributed by atoms with van der Waals surface area (Å²) in [5.41, 5.74) is 8.96. The molecule has 2 aromatic rings. The molecule has 0 saturated heterocycles. The molecular formula is C13H13N3O. The van der Waals surface area contributed by atoms with Crippen molar-refractivity contribution in [3.05, 3.63) is 35.4 Å². The van der Waals surface area contributed by atoms with E-state index in [1.807, 2.05) is 31.2 Å². The summed E-state index contributed by atoms with van der Waals surface area (Å²) in [7, 11) is 1.62. The second-order valence-electron chi connectivity index (χ2n) is 3.83. The molecule has 0 spiro atoms. The predicted octanol–water partition coefficient (Wildman–Crippen LogP) is 2.45. The van der Waals surface area contributed by atoms with Gasteiger partial charge in [-0.3, -0.25) is 0 Å². The highest BCUT2D eigenvalue weighted by atomic mass is 16.5. The number of ether oxygens (including phenoxy) is 1. The fraction of sp³-hybridized carbons (Fsp3) is 0.154. The van der Waals surface area contributed by atoms with E-state index in [0.717, 1.165) is 22.6 Å². The molecule has 1 heterocycles. The summed E-state index contributed by atoms with van der Waals surface area (Å²) in [5.74, 6) is 1.13. The third-order valence-corrected chi connectivity index (χ3v) is 2.61. The van der Waals surface area contributed by atoms with Gasteiger partial charge in [0, 0.05) is 5.56 Å². The minimum absolute atomic E-state index is 0.381. The highest BCUT2D eigenvalue weighted by Gasteiger charge is 2.11. The van der Waals surface area contributed by atoms with Crippen LogP contribution in [-0.4, -0.2) is 12.1 Å². The quantitative estimate of drug-likeness (QED) is 0.827. The summed E-state index contributed by atoms with van der Waals surface area (Å²) in [6.45, 7) is 2.00. The molecule has 3 N–H and O–H groups in total. The lowest BCUT2D eigenvalue weighted by molar-refractivity contribution is 0.416. The molecule has 2 rings (SSSR count). The molecule has 0 amide bonds. The number of benzene rings is 1. The van der Waals surface area contributed by atoms with Crippen LogP contribution in [0.1, 0.15) is 11.1 Å². The Kier molecular flexibility index (Phi) is 2.75. The highest BCUT2D eigenvalue weighted by molar-refractivity contribution is 5.73. The van der Waals surface area contributed by atoms with Crippen molar-refractivity contribution < 1.29 is 4.74 Å². The van der Waals surface area contributed by atoms with Gasteiger partial charge in [0.2, 0.25) is 0 Å². The number of hydrogen-bond acceptors (Lipinski definition) is 3. The normalized spacial score (nSPS) is 9.94. The number of methoxy groups -OCH3 is 1. The molecule has 0 saturated carbocycles. The first-order chi connectivity index (χ1) is 8.15. The van der Waals surface area contributed by atoms with Gasteiger partial charge in [0.25, 0.3) is 0 Å². The predicted molar refractivity (Wildman–Crippen MR) is 66.6 cm³/mol. The smallest absolute Gasteiger partial charge is 0.128 e. The molecule has 0 unspecified atom stereocenters. The summed E-state index contributed by atoms with van der Waals surface area (Å²) >= 11 is 0. The van der Waals surface area contributed by atoms with E-state index in [1.165, 1.54) is 0 Å². The summed E-state index contributed by atoms with van der Waals surface area (Å²) in [5, 5.41) is 8.88. The van der Waals surface area contributed by atoms with Gasteiger partial charge in [-0.1, -0.05) is 11.6 Å². The SMILES string of the molecule is COc1ccc(C)cc1-c1cc(C#N)c(N)[nH]1. The van der Waals surface area contributed by atoms with Crippen LogP contribution in [0.4, 0.5) is 5.82 Å². The standard InChI is InChI=1S/C13H13N3O/c1-8-3-4-12(17-2)10(5-8)11-6-9(7-14)13(15)16-11/h3-6,16H,15H2,1-2H3. The van der Waals surface area contributed by atoms with Crippen molar-refractivity contribution in [2.75, 3.05) is 12.8 Å². The lowest BCUT2D eigenvalue weighted by atomic mass is 10.1. The molecule has 17 heavy (non-hydrogen) atoms. The van der Waals surface area contributed by atoms with Gasteiger partial charge in [0.15, 0.2) is 0 Å². The van der Waals surface area contributed by atoms with Gasteiger partial charge in [0.05, 0.1) is 18.4 Å². The lowest BCUT2D eigenvalue weighted by Gasteiger charge is -2.07. The maximum atomic E-state index is 8.88. The molecule has 0 radical (unpaired) electrons. The zero-order chi connectivity index (χ0) is 12.4. The van der Waals surface area contributed by atoms with Crippen LogP contribution in [0.15, 0.2) is 24.3 Å². The molecule has 0 bridgehead atoms. The third kappa shape index (κ3) is 1.95. The number of rotatable bonds is 2. The first kappa shape index (κ1) is 11.1. The van der Waals surface area contributed by atoms with Crippen LogP contribution in [0.5, 0.6) is 5.75 Å². The molecular weight excluding hydrogens is 214 g/mol. The Morgan fingerprint density at radius 1 is 1.35 bits per heavy atom. The first-order valence-electron chi connectivity index (χ1n) is 5.19. The maximum absolute atomic E-state index is 8.88. The number of nitrogens with two attached hydrogens (primary N) is 1. The zero-order valence-electron chi connectivity index (χ0n) is 9.74. The van der Waals surface area contributed by atoms with E-state index in [4.69, 9.17) is 15.7 Å². The van der Waals surface area contributed by atoms with Crippen molar-refractivity contribution >= 4 is 5.82 Å². The number of anilines is 1. The average molecular weight is 227 g/mol. The summed E-state index contributed by atoms with van der Waals surface area (Å²) in [6.07, 6.45) is 0. The Morgan fingerprint density at radius 2 is 2.12 bits per heavy atom. The Bertz CT molecular complexity index is 593. The number of aromatic nitrogens is 1. The van der Waals surface area contributed by atoms with Gasteiger partial charge in [-0.25, -0.2) is 0 Å². The molecule has 1 aromatic carbocycles. The van der Waals surface area contributed by atoms with E-state index >= 15 is 0 Å². The van der Waals surface area contributed by atoms with Crippen LogP contribution in [0.25, 0.3) is 11.3 Å². The van der Waals surface area contributed by atoms with Gasteiger partial charge in [-0.05, 0) is 25.1 Å².